The first-order valence-corrected chi connectivity index (χ1v) is 11.0. The van der Waals surface area contributed by atoms with Crippen LogP contribution < -0.4 is 5.32 Å². The summed E-state index contributed by atoms with van der Waals surface area (Å²) in [6.45, 7) is 7.82. The van der Waals surface area contributed by atoms with Crippen LogP contribution in [0.3, 0.4) is 0 Å². The predicted octanol–water partition coefficient (Wildman–Crippen LogP) is 2.35. The fourth-order valence-electron chi connectivity index (χ4n) is 4.94. The fraction of sp³-hybridized carbons (Fsp3) is 0.773. The topological polar surface area (TPSA) is 69.7 Å². The molecule has 0 bridgehead atoms. The number of allylic oxidation sites excluding steroid dienone is 2. The van der Waals surface area contributed by atoms with E-state index in [0.29, 0.717) is 38.9 Å². The van der Waals surface area contributed by atoms with Gasteiger partial charge in [0.2, 0.25) is 17.7 Å². The fourth-order valence-corrected chi connectivity index (χ4v) is 4.94. The van der Waals surface area contributed by atoms with Crippen molar-refractivity contribution in [2.24, 2.45) is 17.3 Å². The predicted molar refractivity (Wildman–Crippen MR) is 108 cm³/mol. The van der Waals surface area contributed by atoms with E-state index in [0.717, 1.165) is 38.8 Å². The van der Waals surface area contributed by atoms with Gasteiger partial charge in [0.05, 0.1) is 11.8 Å². The van der Waals surface area contributed by atoms with Crippen LogP contribution >= 0.6 is 0 Å². The van der Waals surface area contributed by atoms with Crippen LogP contribution in [0, 0.1) is 17.3 Å². The highest BCUT2D eigenvalue weighted by Crippen LogP contribution is 2.41. The number of carbonyl (C=O) groups is 3. The third-order valence-corrected chi connectivity index (χ3v) is 6.84. The Kier molecular flexibility index (Phi) is 6.78. The Hall–Kier alpha value is -1.85. The maximum atomic E-state index is 13.2. The Balaban J connectivity index is 1.58. The second-order valence-corrected chi connectivity index (χ2v) is 8.71. The number of rotatable bonds is 6. The lowest BCUT2D eigenvalue weighted by atomic mass is 9.76. The third-order valence-electron chi connectivity index (χ3n) is 6.84. The maximum Gasteiger partial charge on any atom is 0.226 e. The number of unbranched alkanes of at least 4 members (excludes halogenated alkanes) is 1. The number of hydrogen-bond donors (Lipinski definition) is 1. The lowest BCUT2D eigenvalue weighted by Crippen LogP contribution is -2.49. The maximum absolute atomic E-state index is 13.2. The van der Waals surface area contributed by atoms with Gasteiger partial charge in [-0.3, -0.25) is 14.4 Å². The number of piperidine rings is 1. The van der Waals surface area contributed by atoms with Gasteiger partial charge < -0.3 is 15.1 Å². The van der Waals surface area contributed by atoms with E-state index in [1.54, 1.807) is 0 Å². The molecule has 28 heavy (non-hydrogen) atoms. The molecule has 0 saturated carbocycles. The minimum atomic E-state index is -0.256. The van der Waals surface area contributed by atoms with Crippen LogP contribution in [0.25, 0.3) is 0 Å². The molecule has 1 N–H and O–H groups in total. The molecule has 2 saturated heterocycles. The van der Waals surface area contributed by atoms with E-state index < -0.39 is 0 Å². The van der Waals surface area contributed by atoms with Gasteiger partial charge in [0.1, 0.15) is 0 Å². The standard InChI is InChI=1S/C22H35N3O3/c1-3-5-12-23-20(27)17-8-6-7-9-18(17)21(28)25-13-10-22(11-14-25)15-19(26)24(4-2)16-22/h6-7,17-18H,3-5,8-16H2,1-2H3,(H,23,27)/t17-,18+/m1/s1. The van der Waals surface area contributed by atoms with Gasteiger partial charge in [0.15, 0.2) is 0 Å². The molecule has 0 radical (unpaired) electrons. The molecule has 6 nitrogen and oxygen atoms in total. The van der Waals surface area contributed by atoms with E-state index >= 15 is 0 Å². The van der Waals surface area contributed by atoms with Crippen molar-refractivity contribution in [3.63, 3.8) is 0 Å². The molecule has 0 aromatic rings. The number of nitrogens with zero attached hydrogens (tertiary/aromatic N) is 2. The molecule has 0 aromatic heterocycles. The van der Waals surface area contributed by atoms with Crippen molar-refractivity contribution in [3.8, 4) is 0 Å². The van der Waals surface area contributed by atoms with Crippen LogP contribution in [0.5, 0.6) is 0 Å². The quantitative estimate of drug-likeness (QED) is 0.560. The number of nitrogens with one attached hydrogen (secondary N) is 1. The van der Waals surface area contributed by atoms with Gasteiger partial charge in [-0.15, -0.1) is 0 Å². The molecule has 0 aromatic carbocycles. The highest BCUT2D eigenvalue weighted by Gasteiger charge is 2.46. The summed E-state index contributed by atoms with van der Waals surface area (Å²) in [5.41, 5.74) is 0.0489. The molecule has 2 aliphatic heterocycles. The van der Waals surface area contributed by atoms with Crippen molar-refractivity contribution >= 4 is 17.7 Å². The molecular formula is C22H35N3O3. The largest absolute Gasteiger partial charge is 0.356 e. The van der Waals surface area contributed by atoms with Gasteiger partial charge in [-0.25, -0.2) is 0 Å². The molecule has 3 amide bonds. The smallest absolute Gasteiger partial charge is 0.226 e. The number of carbonyl (C=O) groups excluding carboxylic acids is 3. The second-order valence-electron chi connectivity index (χ2n) is 8.71. The SMILES string of the molecule is CCCCNC(=O)[C@@H]1CC=CC[C@@H]1C(=O)N1CCC2(CC1)CC(=O)N(CC)C2. The Labute approximate surface area is 168 Å². The Morgan fingerprint density at radius 3 is 2.43 bits per heavy atom. The number of likely N-dealkylation sites (tertiary alicyclic amines) is 2. The van der Waals surface area contributed by atoms with Crippen LogP contribution in [0.4, 0.5) is 0 Å². The molecule has 2 atom stereocenters. The van der Waals surface area contributed by atoms with Crippen molar-refractivity contribution in [2.75, 3.05) is 32.7 Å². The Morgan fingerprint density at radius 2 is 1.82 bits per heavy atom. The van der Waals surface area contributed by atoms with E-state index in [4.69, 9.17) is 0 Å². The van der Waals surface area contributed by atoms with E-state index in [1.807, 2.05) is 28.9 Å². The summed E-state index contributed by atoms with van der Waals surface area (Å²) in [6.07, 6.45) is 9.77. The van der Waals surface area contributed by atoms with Crippen molar-refractivity contribution < 1.29 is 14.4 Å². The van der Waals surface area contributed by atoms with Crippen molar-refractivity contribution in [1.82, 2.24) is 15.1 Å². The summed E-state index contributed by atoms with van der Waals surface area (Å²) in [6, 6.07) is 0. The summed E-state index contributed by atoms with van der Waals surface area (Å²) in [5.74, 6) is -0.119. The first-order chi connectivity index (χ1) is 13.5. The second kappa shape index (κ2) is 9.10. The summed E-state index contributed by atoms with van der Waals surface area (Å²) in [5, 5.41) is 3.01. The van der Waals surface area contributed by atoms with Crippen molar-refractivity contribution in [1.29, 1.82) is 0 Å². The average Bonchev–Trinajstić information content (AvgIpc) is 3.03. The lowest BCUT2D eigenvalue weighted by Gasteiger charge is -2.41. The molecule has 156 valence electrons. The van der Waals surface area contributed by atoms with E-state index in [-0.39, 0.29) is 35.0 Å². The van der Waals surface area contributed by atoms with Crippen LogP contribution in [0.1, 0.15) is 58.8 Å². The van der Waals surface area contributed by atoms with E-state index in [9.17, 15) is 14.4 Å². The first kappa shape index (κ1) is 20.9. The normalized spacial score (nSPS) is 26.7. The highest BCUT2D eigenvalue weighted by molar-refractivity contribution is 5.88. The van der Waals surface area contributed by atoms with Crippen LogP contribution in [-0.2, 0) is 14.4 Å². The highest BCUT2D eigenvalue weighted by atomic mass is 16.2. The van der Waals surface area contributed by atoms with Gasteiger partial charge in [-0.2, -0.15) is 0 Å². The molecule has 2 heterocycles. The van der Waals surface area contributed by atoms with Crippen LogP contribution in [-0.4, -0.2) is 60.2 Å². The number of amides is 3. The van der Waals surface area contributed by atoms with Gasteiger partial charge in [0, 0.05) is 44.6 Å². The monoisotopic (exact) mass is 389 g/mol. The Morgan fingerprint density at radius 1 is 1.14 bits per heavy atom. The summed E-state index contributed by atoms with van der Waals surface area (Å²) >= 11 is 0. The van der Waals surface area contributed by atoms with Crippen LogP contribution in [0.2, 0.25) is 0 Å². The lowest BCUT2D eigenvalue weighted by molar-refractivity contribution is -0.144. The summed E-state index contributed by atoms with van der Waals surface area (Å²) in [7, 11) is 0. The number of hydrogen-bond acceptors (Lipinski definition) is 3. The van der Waals surface area contributed by atoms with E-state index in [1.165, 1.54) is 0 Å². The zero-order chi connectivity index (χ0) is 20.1. The molecule has 3 aliphatic rings. The molecule has 1 spiro atoms. The third kappa shape index (κ3) is 4.41. The van der Waals surface area contributed by atoms with Gasteiger partial charge >= 0.3 is 0 Å². The van der Waals surface area contributed by atoms with Gasteiger partial charge in [0.25, 0.3) is 0 Å². The first-order valence-electron chi connectivity index (χ1n) is 11.0. The minimum Gasteiger partial charge on any atom is -0.356 e. The zero-order valence-electron chi connectivity index (χ0n) is 17.4. The van der Waals surface area contributed by atoms with Gasteiger partial charge in [-0.1, -0.05) is 25.5 Å². The molecule has 6 heteroatoms. The van der Waals surface area contributed by atoms with Crippen molar-refractivity contribution in [3.05, 3.63) is 12.2 Å². The molecule has 0 unspecified atom stereocenters. The van der Waals surface area contributed by atoms with Gasteiger partial charge in [-0.05, 0) is 39.0 Å². The summed E-state index contributed by atoms with van der Waals surface area (Å²) in [4.78, 5) is 41.9. The molecule has 3 rings (SSSR count). The van der Waals surface area contributed by atoms with Crippen molar-refractivity contribution in [2.45, 2.75) is 58.8 Å². The molecule has 1 aliphatic carbocycles. The molecule has 2 fully saturated rings. The molecular weight excluding hydrogens is 354 g/mol. The Bertz CT molecular complexity index is 623. The van der Waals surface area contributed by atoms with Crippen LogP contribution in [0.15, 0.2) is 12.2 Å². The minimum absolute atomic E-state index is 0.0182. The summed E-state index contributed by atoms with van der Waals surface area (Å²) < 4.78 is 0. The average molecular weight is 390 g/mol. The van der Waals surface area contributed by atoms with E-state index in [2.05, 4.69) is 12.2 Å². The zero-order valence-corrected chi connectivity index (χ0v) is 17.4.